The second kappa shape index (κ2) is 7.01. The molecule has 0 unspecified atom stereocenters. The number of hydrogen-bond donors (Lipinski definition) is 1. The molecule has 0 fully saturated rings. The minimum atomic E-state index is -3.04. The second-order valence-electron chi connectivity index (χ2n) is 4.46. The van der Waals surface area contributed by atoms with E-state index in [9.17, 15) is 13.2 Å². The third-order valence-corrected chi connectivity index (χ3v) is 2.88. The van der Waals surface area contributed by atoms with E-state index in [-0.39, 0.29) is 0 Å². The summed E-state index contributed by atoms with van der Waals surface area (Å²) in [5.74, 6) is -1.30. The number of halogens is 3. The van der Waals surface area contributed by atoms with Crippen LogP contribution in [0.2, 0.25) is 0 Å². The first-order valence-corrected chi connectivity index (χ1v) is 6.57. The normalized spacial score (nSPS) is 10.9. The summed E-state index contributed by atoms with van der Waals surface area (Å²) < 4.78 is 43.7. The molecule has 0 spiro atoms. The Kier molecular flexibility index (Phi) is 5.08. The van der Waals surface area contributed by atoms with Gasteiger partial charge in [-0.3, -0.25) is 0 Å². The quantitative estimate of drug-likeness (QED) is 0.848. The summed E-state index contributed by atoms with van der Waals surface area (Å²) in [5, 5.41) is 3.02. The Balaban J connectivity index is 2.00. The topological polar surface area (TPSA) is 39.1 Å². The number of alkyl halides is 2. The number of aryl methyl sites for hydroxylation is 1. The van der Waals surface area contributed by atoms with Crippen LogP contribution >= 0.6 is 0 Å². The fourth-order valence-electron chi connectivity index (χ4n) is 1.93. The molecule has 1 heterocycles. The van der Waals surface area contributed by atoms with Crippen LogP contribution in [0.4, 0.5) is 18.9 Å². The first-order valence-electron chi connectivity index (χ1n) is 6.57. The van der Waals surface area contributed by atoms with Crippen LogP contribution in [0.1, 0.15) is 19.0 Å². The van der Waals surface area contributed by atoms with Gasteiger partial charge in [0.2, 0.25) is 0 Å². The zero-order valence-electron chi connectivity index (χ0n) is 11.5. The molecule has 2 aromatic rings. The van der Waals surface area contributed by atoms with Crippen molar-refractivity contribution in [2.75, 3.05) is 5.32 Å². The number of benzene rings is 1. The number of nitrogens with one attached hydrogen (secondary N) is 1. The molecule has 2 rings (SSSR count). The van der Waals surface area contributed by atoms with E-state index in [0.717, 1.165) is 24.7 Å². The minimum absolute atomic E-state index is 0.466. The molecule has 0 saturated carbocycles. The van der Waals surface area contributed by atoms with Crippen LogP contribution < -0.4 is 10.1 Å². The van der Waals surface area contributed by atoms with E-state index in [1.807, 2.05) is 4.57 Å². The molecule has 1 N–H and O–H groups in total. The lowest BCUT2D eigenvalue weighted by Gasteiger charge is -2.11. The molecule has 0 aliphatic carbocycles. The number of ether oxygens (including phenoxy) is 1. The van der Waals surface area contributed by atoms with Gasteiger partial charge >= 0.3 is 6.61 Å². The van der Waals surface area contributed by atoms with Crippen LogP contribution in [0.15, 0.2) is 30.7 Å². The summed E-state index contributed by atoms with van der Waals surface area (Å²) in [4.78, 5) is 4.06. The first kappa shape index (κ1) is 15.2. The van der Waals surface area contributed by atoms with Gasteiger partial charge in [-0.05, 0) is 18.6 Å². The Hall–Kier alpha value is -2.18. The van der Waals surface area contributed by atoms with E-state index in [0.29, 0.717) is 12.2 Å². The van der Waals surface area contributed by atoms with Crippen molar-refractivity contribution in [1.29, 1.82) is 0 Å². The number of rotatable bonds is 7. The summed E-state index contributed by atoms with van der Waals surface area (Å²) in [6.07, 6.45) is 4.45. The molecule has 0 amide bonds. The summed E-state index contributed by atoms with van der Waals surface area (Å²) >= 11 is 0. The summed E-state index contributed by atoms with van der Waals surface area (Å²) in [7, 11) is 0. The van der Waals surface area contributed by atoms with Gasteiger partial charge in [-0.25, -0.2) is 9.37 Å². The molecular formula is C14H16F3N3O. The Labute approximate surface area is 120 Å². The van der Waals surface area contributed by atoms with Gasteiger partial charge in [0.15, 0.2) is 11.6 Å². The minimum Gasteiger partial charge on any atom is -0.432 e. The lowest BCUT2D eigenvalue weighted by atomic mass is 10.3. The fourth-order valence-corrected chi connectivity index (χ4v) is 1.93. The van der Waals surface area contributed by atoms with Crippen molar-refractivity contribution in [2.45, 2.75) is 33.0 Å². The molecule has 0 aliphatic rings. The average molecular weight is 299 g/mol. The molecule has 114 valence electrons. The maximum Gasteiger partial charge on any atom is 0.387 e. The van der Waals surface area contributed by atoms with Gasteiger partial charge in [-0.2, -0.15) is 8.78 Å². The average Bonchev–Trinajstić information content (AvgIpc) is 2.87. The Morgan fingerprint density at radius 3 is 2.86 bits per heavy atom. The van der Waals surface area contributed by atoms with Crippen molar-refractivity contribution in [3.8, 4) is 5.75 Å². The molecule has 0 bridgehead atoms. The van der Waals surface area contributed by atoms with E-state index >= 15 is 0 Å². The number of anilines is 1. The van der Waals surface area contributed by atoms with Gasteiger partial charge in [-0.1, -0.05) is 6.92 Å². The van der Waals surface area contributed by atoms with Crippen molar-refractivity contribution in [2.24, 2.45) is 0 Å². The molecule has 0 radical (unpaired) electrons. The molecule has 0 aliphatic heterocycles. The molecule has 4 nitrogen and oxygen atoms in total. The fraction of sp³-hybridized carbons (Fsp3) is 0.357. The zero-order chi connectivity index (χ0) is 15.2. The van der Waals surface area contributed by atoms with Gasteiger partial charge < -0.3 is 14.6 Å². The Morgan fingerprint density at radius 2 is 2.19 bits per heavy atom. The highest BCUT2D eigenvalue weighted by Crippen LogP contribution is 2.23. The van der Waals surface area contributed by atoms with Crippen molar-refractivity contribution in [1.82, 2.24) is 9.55 Å². The van der Waals surface area contributed by atoms with Crippen LogP contribution in [0.5, 0.6) is 5.75 Å². The lowest BCUT2D eigenvalue weighted by Crippen LogP contribution is -2.08. The molecule has 1 aromatic carbocycles. The van der Waals surface area contributed by atoms with Gasteiger partial charge in [0.1, 0.15) is 0 Å². The maximum atomic E-state index is 13.6. The van der Waals surface area contributed by atoms with E-state index in [4.69, 9.17) is 0 Å². The van der Waals surface area contributed by atoms with Crippen LogP contribution in [-0.4, -0.2) is 16.2 Å². The molecule has 0 atom stereocenters. The van der Waals surface area contributed by atoms with Gasteiger partial charge in [0.05, 0.1) is 18.6 Å². The predicted molar refractivity (Wildman–Crippen MR) is 72.9 cm³/mol. The zero-order valence-corrected chi connectivity index (χ0v) is 11.5. The SMILES string of the molecule is CCCn1cncc1CNc1ccc(OC(F)F)c(F)c1. The number of imidazole rings is 1. The van der Waals surface area contributed by atoms with Gasteiger partial charge in [-0.15, -0.1) is 0 Å². The largest absolute Gasteiger partial charge is 0.432 e. The summed E-state index contributed by atoms with van der Waals surface area (Å²) in [6, 6.07) is 3.78. The van der Waals surface area contributed by atoms with Gasteiger partial charge in [0, 0.05) is 24.5 Å². The Morgan fingerprint density at radius 1 is 1.38 bits per heavy atom. The highest BCUT2D eigenvalue weighted by Gasteiger charge is 2.10. The van der Waals surface area contributed by atoms with Crippen LogP contribution in [0.25, 0.3) is 0 Å². The van der Waals surface area contributed by atoms with Crippen LogP contribution in [0, 0.1) is 5.82 Å². The van der Waals surface area contributed by atoms with E-state index in [1.165, 1.54) is 12.1 Å². The molecule has 21 heavy (non-hydrogen) atoms. The number of hydrogen-bond acceptors (Lipinski definition) is 3. The van der Waals surface area contributed by atoms with Gasteiger partial charge in [0.25, 0.3) is 0 Å². The third kappa shape index (κ3) is 4.14. The smallest absolute Gasteiger partial charge is 0.387 e. The third-order valence-electron chi connectivity index (χ3n) is 2.88. The maximum absolute atomic E-state index is 13.6. The second-order valence-corrected chi connectivity index (χ2v) is 4.46. The van der Waals surface area contributed by atoms with Crippen molar-refractivity contribution in [3.05, 3.63) is 42.2 Å². The van der Waals surface area contributed by atoms with E-state index in [1.54, 1.807) is 12.5 Å². The number of aromatic nitrogens is 2. The predicted octanol–water partition coefficient (Wildman–Crippen LogP) is 3.65. The summed E-state index contributed by atoms with van der Waals surface area (Å²) in [6.45, 7) is 0.344. The monoisotopic (exact) mass is 299 g/mol. The summed E-state index contributed by atoms with van der Waals surface area (Å²) in [5.41, 5.74) is 1.45. The van der Waals surface area contributed by atoms with Crippen molar-refractivity contribution in [3.63, 3.8) is 0 Å². The molecule has 1 aromatic heterocycles. The highest BCUT2D eigenvalue weighted by molar-refractivity contribution is 5.47. The highest BCUT2D eigenvalue weighted by atomic mass is 19.3. The van der Waals surface area contributed by atoms with E-state index in [2.05, 4.69) is 22.0 Å². The van der Waals surface area contributed by atoms with Crippen molar-refractivity contribution < 1.29 is 17.9 Å². The molecule has 7 heteroatoms. The van der Waals surface area contributed by atoms with Crippen LogP contribution in [-0.2, 0) is 13.1 Å². The lowest BCUT2D eigenvalue weighted by molar-refractivity contribution is -0.0521. The standard InChI is InChI=1S/C14H16F3N3O/c1-2-5-20-9-18-7-11(20)8-19-10-3-4-13(12(15)6-10)21-14(16)17/h3-4,6-7,9,14,19H,2,5,8H2,1H3. The first-order chi connectivity index (χ1) is 10.1. The molecule has 0 saturated heterocycles. The van der Waals surface area contributed by atoms with E-state index < -0.39 is 18.2 Å². The Bertz CT molecular complexity index is 587. The number of nitrogens with zero attached hydrogens (tertiary/aromatic N) is 2. The van der Waals surface area contributed by atoms with Crippen LogP contribution in [0.3, 0.4) is 0 Å². The molecular weight excluding hydrogens is 283 g/mol. The van der Waals surface area contributed by atoms with Crippen molar-refractivity contribution >= 4 is 5.69 Å².